The predicted molar refractivity (Wildman–Crippen MR) is 61.2 cm³/mol. The number of nitrogens with one attached hydrogen (secondary N) is 1. The zero-order chi connectivity index (χ0) is 10.3. The van der Waals surface area contributed by atoms with Gasteiger partial charge in [0, 0.05) is 21.6 Å². The third kappa shape index (κ3) is 1.57. The predicted octanol–water partition coefficient (Wildman–Crippen LogP) is 3.16. The monoisotopic (exact) mass is 253 g/mol. The van der Waals surface area contributed by atoms with Gasteiger partial charge in [0.05, 0.1) is 5.60 Å². The van der Waals surface area contributed by atoms with Gasteiger partial charge in [-0.15, -0.1) is 0 Å². The lowest BCUT2D eigenvalue weighted by Gasteiger charge is -2.17. The van der Waals surface area contributed by atoms with Crippen molar-refractivity contribution in [2.24, 2.45) is 0 Å². The summed E-state index contributed by atoms with van der Waals surface area (Å²) in [5, 5.41) is 11.0. The van der Waals surface area contributed by atoms with Gasteiger partial charge in [-0.05, 0) is 47.5 Å². The van der Waals surface area contributed by atoms with Crippen molar-refractivity contribution in [3.8, 4) is 0 Å². The smallest absolute Gasteiger partial charge is 0.0840 e. The molecule has 2 rings (SSSR count). The van der Waals surface area contributed by atoms with E-state index in [0.29, 0.717) is 0 Å². The first-order valence-electron chi connectivity index (χ1n) is 4.48. The highest BCUT2D eigenvalue weighted by Crippen LogP contribution is 2.28. The standard InChI is InChI=1S/C11H12BrNO/c1-11(2,14)7-3-4-10-8(5-7)9(12)6-13-10/h3-6,13-14H,1-2H3. The highest BCUT2D eigenvalue weighted by Gasteiger charge is 2.16. The first-order valence-corrected chi connectivity index (χ1v) is 5.27. The molecule has 0 saturated heterocycles. The molecule has 0 saturated carbocycles. The van der Waals surface area contributed by atoms with Crippen molar-refractivity contribution in [3.63, 3.8) is 0 Å². The summed E-state index contributed by atoms with van der Waals surface area (Å²) < 4.78 is 1.03. The van der Waals surface area contributed by atoms with Crippen molar-refractivity contribution in [2.75, 3.05) is 0 Å². The number of hydrogen-bond donors (Lipinski definition) is 2. The SMILES string of the molecule is CC(C)(O)c1ccc2[nH]cc(Br)c2c1. The molecular formula is C11H12BrNO. The Kier molecular flexibility index (Phi) is 2.16. The maximum atomic E-state index is 9.85. The van der Waals surface area contributed by atoms with Crippen LogP contribution in [0.1, 0.15) is 19.4 Å². The number of rotatable bonds is 1. The van der Waals surface area contributed by atoms with E-state index in [9.17, 15) is 5.11 Å². The highest BCUT2D eigenvalue weighted by atomic mass is 79.9. The van der Waals surface area contributed by atoms with E-state index in [1.807, 2.05) is 24.4 Å². The Balaban J connectivity index is 2.66. The molecule has 0 aliphatic rings. The minimum absolute atomic E-state index is 0.787. The quantitative estimate of drug-likeness (QED) is 0.805. The van der Waals surface area contributed by atoms with Gasteiger partial charge in [0.15, 0.2) is 0 Å². The summed E-state index contributed by atoms with van der Waals surface area (Å²) in [7, 11) is 0. The number of aliphatic hydroxyl groups is 1. The molecule has 1 aromatic carbocycles. The van der Waals surface area contributed by atoms with Crippen molar-refractivity contribution in [2.45, 2.75) is 19.4 Å². The average Bonchev–Trinajstić information content (AvgIpc) is 2.46. The molecular weight excluding hydrogens is 242 g/mol. The van der Waals surface area contributed by atoms with Crippen LogP contribution in [0.4, 0.5) is 0 Å². The maximum absolute atomic E-state index is 9.85. The van der Waals surface area contributed by atoms with Crippen LogP contribution in [0.2, 0.25) is 0 Å². The lowest BCUT2D eigenvalue weighted by molar-refractivity contribution is 0.0787. The minimum atomic E-state index is -0.787. The van der Waals surface area contributed by atoms with Crippen molar-refractivity contribution in [1.29, 1.82) is 0 Å². The summed E-state index contributed by atoms with van der Waals surface area (Å²) in [6.45, 7) is 3.57. The Morgan fingerprint density at radius 2 is 2.07 bits per heavy atom. The molecule has 0 spiro atoms. The largest absolute Gasteiger partial charge is 0.386 e. The summed E-state index contributed by atoms with van der Waals surface area (Å²) in [4.78, 5) is 3.14. The molecule has 0 bridgehead atoms. The lowest BCUT2D eigenvalue weighted by Crippen LogP contribution is -2.14. The van der Waals surface area contributed by atoms with Gasteiger partial charge in [-0.2, -0.15) is 0 Å². The normalized spacial score (nSPS) is 12.3. The van der Waals surface area contributed by atoms with E-state index in [1.165, 1.54) is 0 Å². The van der Waals surface area contributed by atoms with Crippen molar-refractivity contribution in [3.05, 3.63) is 34.4 Å². The highest BCUT2D eigenvalue weighted by molar-refractivity contribution is 9.10. The number of aromatic amines is 1. The molecule has 0 amide bonds. The van der Waals surface area contributed by atoms with Gasteiger partial charge in [-0.1, -0.05) is 6.07 Å². The Morgan fingerprint density at radius 3 is 2.71 bits per heavy atom. The van der Waals surface area contributed by atoms with Crippen LogP contribution in [0.3, 0.4) is 0 Å². The Bertz CT molecular complexity index is 468. The number of halogens is 1. The van der Waals surface area contributed by atoms with Gasteiger partial charge in [-0.3, -0.25) is 0 Å². The second kappa shape index (κ2) is 3.11. The molecule has 2 N–H and O–H groups in total. The molecule has 0 radical (unpaired) electrons. The molecule has 3 heteroatoms. The van der Waals surface area contributed by atoms with Gasteiger partial charge in [0.2, 0.25) is 0 Å². The van der Waals surface area contributed by atoms with E-state index in [1.54, 1.807) is 13.8 Å². The molecule has 0 atom stereocenters. The van der Waals surface area contributed by atoms with Gasteiger partial charge in [0.25, 0.3) is 0 Å². The van der Waals surface area contributed by atoms with Crippen LogP contribution < -0.4 is 0 Å². The topological polar surface area (TPSA) is 36.0 Å². The number of H-pyrrole nitrogens is 1. The fraction of sp³-hybridized carbons (Fsp3) is 0.273. The molecule has 0 aliphatic heterocycles. The molecule has 1 heterocycles. The van der Waals surface area contributed by atoms with E-state index in [2.05, 4.69) is 20.9 Å². The second-order valence-electron chi connectivity index (χ2n) is 3.96. The summed E-state index contributed by atoms with van der Waals surface area (Å²) in [6, 6.07) is 5.91. The fourth-order valence-electron chi connectivity index (χ4n) is 1.47. The van der Waals surface area contributed by atoms with Gasteiger partial charge in [-0.25, -0.2) is 0 Å². The Labute approximate surface area is 91.1 Å². The van der Waals surface area contributed by atoms with Crippen LogP contribution in [0.15, 0.2) is 28.9 Å². The number of aromatic nitrogens is 1. The summed E-state index contributed by atoms with van der Waals surface area (Å²) in [5.41, 5.74) is 1.21. The van der Waals surface area contributed by atoms with E-state index < -0.39 is 5.60 Å². The van der Waals surface area contributed by atoms with Crippen LogP contribution in [-0.2, 0) is 5.60 Å². The van der Waals surface area contributed by atoms with Crippen LogP contribution in [-0.4, -0.2) is 10.1 Å². The van der Waals surface area contributed by atoms with Gasteiger partial charge < -0.3 is 10.1 Å². The lowest BCUT2D eigenvalue weighted by atomic mass is 9.97. The van der Waals surface area contributed by atoms with Gasteiger partial charge >= 0.3 is 0 Å². The average molecular weight is 254 g/mol. The van der Waals surface area contributed by atoms with E-state index >= 15 is 0 Å². The van der Waals surface area contributed by atoms with Crippen molar-refractivity contribution >= 4 is 26.8 Å². The molecule has 74 valence electrons. The third-order valence-electron chi connectivity index (χ3n) is 2.34. The van der Waals surface area contributed by atoms with Crippen molar-refractivity contribution < 1.29 is 5.11 Å². The molecule has 2 nitrogen and oxygen atoms in total. The first-order chi connectivity index (χ1) is 6.48. The Morgan fingerprint density at radius 1 is 1.36 bits per heavy atom. The fourth-order valence-corrected chi connectivity index (χ4v) is 1.91. The zero-order valence-corrected chi connectivity index (χ0v) is 9.72. The maximum Gasteiger partial charge on any atom is 0.0840 e. The van der Waals surface area contributed by atoms with Crippen LogP contribution in [0, 0.1) is 0 Å². The molecule has 1 aromatic heterocycles. The third-order valence-corrected chi connectivity index (χ3v) is 2.99. The molecule has 14 heavy (non-hydrogen) atoms. The molecule has 0 unspecified atom stereocenters. The summed E-state index contributed by atoms with van der Waals surface area (Å²) >= 11 is 3.45. The van der Waals surface area contributed by atoms with Gasteiger partial charge in [0.1, 0.15) is 0 Å². The van der Waals surface area contributed by atoms with Crippen LogP contribution >= 0.6 is 15.9 Å². The number of benzene rings is 1. The molecule has 2 aromatic rings. The summed E-state index contributed by atoms with van der Waals surface area (Å²) in [6.07, 6.45) is 1.90. The van der Waals surface area contributed by atoms with Crippen LogP contribution in [0.5, 0.6) is 0 Å². The zero-order valence-electron chi connectivity index (χ0n) is 8.13. The summed E-state index contributed by atoms with van der Waals surface area (Å²) in [5.74, 6) is 0. The van der Waals surface area contributed by atoms with E-state index in [0.717, 1.165) is 20.9 Å². The van der Waals surface area contributed by atoms with Crippen LogP contribution in [0.25, 0.3) is 10.9 Å². The second-order valence-corrected chi connectivity index (χ2v) is 4.81. The number of hydrogen-bond acceptors (Lipinski definition) is 1. The minimum Gasteiger partial charge on any atom is -0.386 e. The molecule has 0 aliphatic carbocycles. The molecule has 0 fully saturated rings. The Hall–Kier alpha value is -0.800. The first kappa shape index (κ1) is 9.74. The van der Waals surface area contributed by atoms with E-state index in [-0.39, 0.29) is 0 Å². The van der Waals surface area contributed by atoms with Crippen molar-refractivity contribution in [1.82, 2.24) is 4.98 Å². The van der Waals surface area contributed by atoms with E-state index in [4.69, 9.17) is 0 Å². The number of fused-ring (bicyclic) bond motifs is 1.